The van der Waals surface area contributed by atoms with Crippen LogP contribution in [0.4, 0.5) is 14.5 Å². The zero-order valence-electron chi connectivity index (χ0n) is 16.8. The van der Waals surface area contributed by atoms with E-state index in [0.29, 0.717) is 32.0 Å². The van der Waals surface area contributed by atoms with Gasteiger partial charge < -0.3 is 19.5 Å². The average Bonchev–Trinajstić information content (AvgIpc) is 2.66. The molecule has 1 aromatic carbocycles. The number of ether oxygens (including phenoxy) is 2. The molecule has 0 radical (unpaired) electrons. The van der Waals surface area contributed by atoms with Crippen LogP contribution in [0.3, 0.4) is 0 Å². The molecule has 1 heterocycles. The molecule has 0 bridgehead atoms. The molecule has 158 valence electrons. The van der Waals surface area contributed by atoms with Crippen LogP contribution < -0.4 is 4.90 Å². The molecule has 28 heavy (non-hydrogen) atoms. The number of carbonyl (C=O) groups is 1. The quantitative estimate of drug-likeness (QED) is 0.426. The molecule has 1 N–H and O–H groups in total. The van der Waals surface area contributed by atoms with Crippen LogP contribution in [-0.2, 0) is 9.47 Å². The summed E-state index contributed by atoms with van der Waals surface area (Å²) in [7, 11) is 0. The summed E-state index contributed by atoms with van der Waals surface area (Å²) in [5.74, 6) is -3.46. The summed E-state index contributed by atoms with van der Waals surface area (Å²) in [4.78, 5) is 12.8. The number of hydrogen-bond acceptors (Lipinski definition) is 4. The van der Waals surface area contributed by atoms with E-state index >= 15 is 0 Å². The normalized spacial score (nSPS) is 15.4. The number of aromatic carboxylic acids is 1. The number of benzene rings is 1. The number of carboxylic acids is 1. The summed E-state index contributed by atoms with van der Waals surface area (Å²) in [5.41, 5.74) is -0.541. The Balaban J connectivity index is 1.98. The molecule has 0 spiro atoms. The van der Waals surface area contributed by atoms with Gasteiger partial charge in [-0.1, -0.05) is 26.7 Å². The van der Waals surface area contributed by atoms with Crippen LogP contribution >= 0.6 is 0 Å². The van der Waals surface area contributed by atoms with Crippen LogP contribution in [0, 0.1) is 17.6 Å². The maximum absolute atomic E-state index is 14.0. The fraction of sp³-hybridized carbons (Fsp3) is 0.667. The first-order chi connectivity index (χ1) is 13.5. The maximum atomic E-state index is 14.0. The van der Waals surface area contributed by atoms with Crippen molar-refractivity contribution >= 4 is 11.7 Å². The highest BCUT2D eigenvalue weighted by Gasteiger charge is 2.29. The van der Waals surface area contributed by atoms with E-state index < -0.39 is 23.2 Å². The van der Waals surface area contributed by atoms with Gasteiger partial charge in [0.15, 0.2) is 6.29 Å². The second-order valence-corrected chi connectivity index (χ2v) is 7.23. The van der Waals surface area contributed by atoms with E-state index in [4.69, 9.17) is 14.6 Å². The molecule has 0 unspecified atom stereocenters. The van der Waals surface area contributed by atoms with Crippen molar-refractivity contribution < 1.29 is 28.2 Å². The predicted molar refractivity (Wildman–Crippen MR) is 104 cm³/mol. The van der Waals surface area contributed by atoms with Gasteiger partial charge in [-0.2, -0.15) is 0 Å². The smallest absolute Gasteiger partial charge is 0.341 e. The molecule has 0 saturated carbocycles. The van der Waals surface area contributed by atoms with E-state index in [2.05, 4.69) is 13.8 Å². The molecule has 1 aromatic rings. The number of rotatable bonds is 11. The van der Waals surface area contributed by atoms with Gasteiger partial charge in [0, 0.05) is 37.9 Å². The number of hydrogen-bond donors (Lipinski definition) is 1. The van der Waals surface area contributed by atoms with Gasteiger partial charge in [0.2, 0.25) is 0 Å². The molecule has 1 aliphatic heterocycles. The Morgan fingerprint density at radius 3 is 2.04 bits per heavy atom. The standard InChI is InChI=1S/C21H31F2NO4/c1-3-5-11-27-21(28-12-6-4-2)15-7-9-24(10-8-15)16-13-17(22)19(20(25)26)18(23)14-16/h13-15,21H,3-12H2,1-2H3,(H,25,26). The summed E-state index contributed by atoms with van der Waals surface area (Å²) < 4.78 is 39.9. The minimum atomic E-state index is -1.60. The van der Waals surface area contributed by atoms with Crippen molar-refractivity contribution in [2.75, 3.05) is 31.2 Å². The van der Waals surface area contributed by atoms with Crippen LogP contribution in [0.2, 0.25) is 0 Å². The van der Waals surface area contributed by atoms with Gasteiger partial charge in [0.1, 0.15) is 17.2 Å². The molecule has 0 atom stereocenters. The van der Waals surface area contributed by atoms with Crippen molar-refractivity contribution in [3.63, 3.8) is 0 Å². The van der Waals surface area contributed by atoms with E-state index in [1.807, 2.05) is 4.90 Å². The monoisotopic (exact) mass is 399 g/mol. The van der Waals surface area contributed by atoms with Crippen molar-refractivity contribution in [2.45, 2.75) is 58.7 Å². The van der Waals surface area contributed by atoms with Gasteiger partial charge in [-0.25, -0.2) is 13.6 Å². The molecule has 2 rings (SSSR count). The molecule has 1 aliphatic rings. The first kappa shape index (κ1) is 22.6. The van der Waals surface area contributed by atoms with Crippen LogP contribution in [0.5, 0.6) is 0 Å². The van der Waals surface area contributed by atoms with Crippen molar-refractivity contribution in [1.82, 2.24) is 0 Å². The van der Waals surface area contributed by atoms with Crippen LogP contribution in [0.25, 0.3) is 0 Å². The molecule has 7 heteroatoms. The predicted octanol–water partition coefficient (Wildman–Crippen LogP) is 4.84. The number of carboxylic acid groups (broad SMARTS) is 1. The van der Waals surface area contributed by atoms with Crippen LogP contribution in [-0.4, -0.2) is 43.7 Å². The summed E-state index contributed by atoms with van der Waals surface area (Å²) >= 11 is 0. The Bertz CT molecular complexity index is 600. The molecule has 0 aromatic heterocycles. The fourth-order valence-corrected chi connectivity index (χ4v) is 3.38. The van der Waals surface area contributed by atoms with Gasteiger partial charge in [0.25, 0.3) is 0 Å². The molecule has 5 nitrogen and oxygen atoms in total. The fourth-order valence-electron chi connectivity index (χ4n) is 3.38. The van der Waals surface area contributed by atoms with E-state index in [1.54, 1.807) is 0 Å². The maximum Gasteiger partial charge on any atom is 0.341 e. The molecular formula is C21H31F2NO4. The van der Waals surface area contributed by atoms with Crippen molar-refractivity contribution in [3.05, 3.63) is 29.3 Å². The topological polar surface area (TPSA) is 59.0 Å². The zero-order chi connectivity index (χ0) is 20.5. The molecule has 1 fully saturated rings. The van der Waals surface area contributed by atoms with Gasteiger partial charge in [0.05, 0.1) is 0 Å². The SMILES string of the molecule is CCCCOC(OCCCC)C1CCN(c2cc(F)c(C(=O)O)c(F)c2)CC1. The zero-order valence-corrected chi connectivity index (χ0v) is 16.8. The van der Waals surface area contributed by atoms with E-state index in [0.717, 1.165) is 50.7 Å². The minimum Gasteiger partial charge on any atom is -0.477 e. The Morgan fingerprint density at radius 2 is 1.61 bits per heavy atom. The first-order valence-corrected chi connectivity index (χ1v) is 10.2. The first-order valence-electron chi connectivity index (χ1n) is 10.2. The van der Waals surface area contributed by atoms with E-state index in [-0.39, 0.29) is 12.2 Å². The van der Waals surface area contributed by atoms with Crippen molar-refractivity contribution in [3.8, 4) is 0 Å². The molecule has 0 amide bonds. The number of halogens is 2. The van der Waals surface area contributed by atoms with Gasteiger partial charge in [-0.3, -0.25) is 0 Å². The van der Waals surface area contributed by atoms with E-state index in [9.17, 15) is 13.6 Å². The second kappa shape index (κ2) is 11.3. The van der Waals surface area contributed by atoms with E-state index in [1.165, 1.54) is 0 Å². The third kappa shape index (κ3) is 6.14. The van der Waals surface area contributed by atoms with Crippen molar-refractivity contribution in [2.24, 2.45) is 5.92 Å². The second-order valence-electron chi connectivity index (χ2n) is 7.23. The van der Waals surface area contributed by atoms with Gasteiger partial charge in [-0.05, 0) is 37.8 Å². The highest BCUT2D eigenvalue weighted by atomic mass is 19.1. The summed E-state index contributed by atoms with van der Waals surface area (Å²) in [6, 6.07) is 2.19. The van der Waals surface area contributed by atoms with Crippen LogP contribution in [0.1, 0.15) is 62.7 Å². The third-order valence-electron chi connectivity index (χ3n) is 5.09. The lowest BCUT2D eigenvalue weighted by Crippen LogP contribution is -2.40. The average molecular weight is 399 g/mol. The Kier molecular flexibility index (Phi) is 9.12. The third-order valence-corrected chi connectivity index (χ3v) is 5.09. The lowest BCUT2D eigenvalue weighted by atomic mass is 9.95. The summed E-state index contributed by atoms with van der Waals surface area (Å²) in [5, 5.41) is 8.90. The summed E-state index contributed by atoms with van der Waals surface area (Å²) in [6.45, 7) is 6.79. The molecule has 0 aliphatic carbocycles. The molecule has 1 saturated heterocycles. The summed E-state index contributed by atoms with van der Waals surface area (Å²) in [6.07, 6.45) is 5.41. The van der Waals surface area contributed by atoms with Gasteiger partial charge >= 0.3 is 5.97 Å². The largest absolute Gasteiger partial charge is 0.477 e. The Morgan fingerprint density at radius 1 is 1.11 bits per heavy atom. The lowest BCUT2D eigenvalue weighted by molar-refractivity contribution is -0.177. The van der Waals surface area contributed by atoms with Crippen LogP contribution in [0.15, 0.2) is 12.1 Å². The number of unbranched alkanes of at least 4 members (excludes halogenated alkanes) is 2. The van der Waals surface area contributed by atoms with Gasteiger partial charge in [-0.15, -0.1) is 0 Å². The van der Waals surface area contributed by atoms with Crippen molar-refractivity contribution in [1.29, 1.82) is 0 Å². The minimum absolute atomic E-state index is 0.234. The Hall–Kier alpha value is -1.73. The highest BCUT2D eigenvalue weighted by molar-refractivity contribution is 5.88. The Labute approximate surface area is 165 Å². The number of nitrogens with zero attached hydrogens (tertiary/aromatic N) is 1. The number of piperidine rings is 1. The number of anilines is 1. The highest BCUT2D eigenvalue weighted by Crippen LogP contribution is 2.29. The lowest BCUT2D eigenvalue weighted by Gasteiger charge is -2.37. The molecular weight excluding hydrogens is 368 g/mol.